The topological polar surface area (TPSA) is 116 Å². The van der Waals surface area contributed by atoms with Crippen LogP contribution in [0.2, 0.25) is 0 Å². The molecule has 28 heavy (non-hydrogen) atoms. The maximum absolute atomic E-state index is 12.7. The van der Waals surface area contributed by atoms with E-state index >= 15 is 0 Å². The predicted molar refractivity (Wildman–Crippen MR) is 103 cm³/mol. The lowest BCUT2D eigenvalue weighted by Crippen LogP contribution is -2.35. The molecule has 0 bridgehead atoms. The van der Waals surface area contributed by atoms with Crippen molar-refractivity contribution in [1.29, 1.82) is 0 Å². The summed E-state index contributed by atoms with van der Waals surface area (Å²) in [5, 5.41) is 0. The molecule has 0 amide bonds. The fraction of sp³-hybridized carbons (Fsp3) is 0.294. The largest absolute Gasteiger partial charge is 0.573 e. The van der Waals surface area contributed by atoms with Crippen LogP contribution in [0.4, 0.5) is 0 Å². The van der Waals surface area contributed by atoms with Gasteiger partial charge in [0.25, 0.3) is 0 Å². The lowest BCUT2D eigenvalue weighted by molar-refractivity contribution is 0.170. The van der Waals surface area contributed by atoms with Crippen LogP contribution in [0.3, 0.4) is 0 Å². The van der Waals surface area contributed by atoms with E-state index in [1.807, 2.05) is 0 Å². The molecule has 1 fully saturated rings. The van der Waals surface area contributed by atoms with Gasteiger partial charge in [-0.05, 0) is 24.3 Å². The van der Waals surface area contributed by atoms with E-state index in [0.717, 1.165) is 7.11 Å². The SMILES string of the molecule is CO[P+]1(O)OC(CS(=O)(=O)c2ccccc2)C(CS(=O)(=O)c2ccccc2)O1. The van der Waals surface area contributed by atoms with E-state index in [2.05, 4.69) is 0 Å². The van der Waals surface area contributed by atoms with Gasteiger partial charge >= 0.3 is 8.17 Å². The Kier molecular flexibility index (Phi) is 6.21. The first-order valence-electron chi connectivity index (χ1n) is 8.25. The zero-order chi connectivity index (χ0) is 20.4. The molecule has 11 heteroatoms. The summed E-state index contributed by atoms with van der Waals surface area (Å²) in [6.07, 6.45) is -2.41. The summed E-state index contributed by atoms with van der Waals surface area (Å²) in [7, 11) is -10.3. The molecule has 1 saturated heterocycles. The van der Waals surface area contributed by atoms with E-state index in [0.29, 0.717) is 0 Å². The Morgan fingerprint density at radius 3 is 1.50 bits per heavy atom. The van der Waals surface area contributed by atoms with Gasteiger partial charge in [0.1, 0.15) is 0 Å². The van der Waals surface area contributed by atoms with Crippen LogP contribution in [0.5, 0.6) is 0 Å². The molecule has 1 aliphatic heterocycles. The number of sulfone groups is 2. The molecule has 1 aliphatic rings. The molecular weight excluding hydrogens is 427 g/mol. The monoisotopic (exact) mass is 447 g/mol. The van der Waals surface area contributed by atoms with Gasteiger partial charge in [0, 0.05) is 0 Å². The van der Waals surface area contributed by atoms with Crippen LogP contribution in [0.25, 0.3) is 0 Å². The molecular formula is C17H20O8PS2+. The second-order valence-electron chi connectivity index (χ2n) is 6.13. The average Bonchev–Trinajstić information content (AvgIpc) is 2.98. The number of benzene rings is 2. The highest BCUT2D eigenvalue weighted by Gasteiger charge is 2.60. The highest BCUT2D eigenvalue weighted by atomic mass is 32.2. The van der Waals surface area contributed by atoms with E-state index in [1.165, 1.54) is 24.3 Å². The molecule has 1 N–H and O–H groups in total. The fourth-order valence-corrected chi connectivity index (χ4v) is 7.23. The van der Waals surface area contributed by atoms with Gasteiger partial charge in [-0.2, -0.15) is 9.42 Å². The highest BCUT2D eigenvalue weighted by molar-refractivity contribution is 7.92. The lowest BCUT2D eigenvalue weighted by atomic mass is 10.3. The molecule has 0 radical (unpaired) electrons. The van der Waals surface area contributed by atoms with Crippen molar-refractivity contribution in [3.8, 4) is 0 Å². The van der Waals surface area contributed by atoms with Gasteiger partial charge in [-0.25, -0.2) is 16.8 Å². The normalized spacial score (nSPS) is 25.6. The molecule has 0 saturated carbocycles. The molecule has 2 unspecified atom stereocenters. The molecule has 8 nitrogen and oxygen atoms in total. The van der Waals surface area contributed by atoms with Crippen molar-refractivity contribution in [3.63, 3.8) is 0 Å². The van der Waals surface area contributed by atoms with Gasteiger partial charge < -0.3 is 0 Å². The fourth-order valence-electron chi connectivity index (χ4n) is 2.74. The minimum Gasteiger partial charge on any atom is -0.224 e. The number of rotatable bonds is 7. The van der Waals surface area contributed by atoms with Crippen molar-refractivity contribution in [2.45, 2.75) is 22.0 Å². The Labute approximate surface area is 164 Å². The van der Waals surface area contributed by atoms with Crippen molar-refractivity contribution in [2.75, 3.05) is 18.6 Å². The van der Waals surface area contributed by atoms with E-state index in [-0.39, 0.29) is 9.79 Å². The standard InChI is InChI=1S/C17H20O8PS2/c1-23-26(18)24-16(12-27(19,20)14-8-4-2-5-9-14)17(25-26)13-28(21,22)15-10-6-3-7-11-15/h2-11,16-18H,12-13H2,1H3/q+1. The third-order valence-electron chi connectivity index (χ3n) is 4.15. The average molecular weight is 447 g/mol. The Morgan fingerprint density at radius 1 is 0.821 bits per heavy atom. The molecule has 0 spiro atoms. The van der Waals surface area contributed by atoms with E-state index < -0.39 is 51.6 Å². The first-order chi connectivity index (χ1) is 13.2. The summed E-state index contributed by atoms with van der Waals surface area (Å²) < 4.78 is 66.2. The predicted octanol–water partition coefficient (Wildman–Crippen LogP) is 2.03. The maximum atomic E-state index is 12.7. The van der Waals surface area contributed by atoms with E-state index in [1.54, 1.807) is 36.4 Å². The first-order valence-corrected chi connectivity index (χ1v) is 13.1. The lowest BCUT2D eigenvalue weighted by Gasteiger charge is -2.13. The van der Waals surface area contributed by atoms with Gasteiger partial charge in [0.15, 0.2) is 31.9 Å². The van der Waals surface area contributed by atoms with Crippen LogP contribution < -0.4 is 0 Å². The Balaban J connectivity index is 1.86. The minimum absolute atomic E-state index is 0.0643. The molecule has 0 aliphatic carbocycles. The summed E-state index contributed by atoms with van der Waals surface area (Å²) in [6, 6.07) is 15.4. The van der Waals surface area contributed by atoms with Gasteiger partial charge in [0.2, 0.25) is 0 Å². The summed E-state index contributed by atoms with van der Waals surface area (Å²) in [4.78, 5) is 10.4. The van der Waals surface area contributed by atoms with Gasteiger partial charge in [-0.15, -0.1) is 9.05 Å². The smallest absolute Gasteiger partial charge is 0.224 e. The molecule has 2 aromatic carbocycles. The van der Waals surface area contributed by atoms with Gasteiger partial charge in [0.05, 0.1) is 28.4 Å². The summed E-state index contributed by atoms with van der Waals surface area (Å²) in [6.45, 7) is 0. The molecule has 3 rings (SSSR count). The molecule has 2 aromatic rings. The van der Waals surface area contributed by atoms with Crippen LogP contribution in [-0.2, 0) is 33.2 Å². The zero-order valence-electron chi connectivity index (χ0n) is 14.9. The second-order valence-corrected chi connectivity index (χ2v) is 11.9. The van der Waals surface area contributed by atoms with Crippen molar-refractivity contribution in [1.82, 2.24) is 0 Å². The molecule has 152 valence electrons. The van der Waals surface area contributed by atoms with E-state index in [9.17, 15) is 21.7 Å². The molecule has 0 aromatic heterocycles. The summed E-state index contributed by atoms with van der Waals surface area (Å²) >= 11 is 0. The van der Waals surface area contributed by atoms with Crippen LogP contribution in [0.1, 0.15) is 0 Å². The molecule has 2 atom stereocenters. The summed E-state index contributed by atoms with van der Waals surface area (Å²) in [5.74, 6) is -1.12. The quantitative estimate of drug-likeness (QED) is 0.641. The Hall–Kier alpha value is -1.39. The van der Waals surface area contributed by atoms with Gasteiger partial charge in [-0.3, -0.25) is 0 Å². The maximum Gasteiger partial charge on any atom is 0.573 e. The summed E-state index contributed by atoms with van der Waals surface area (Å²) in [5.41, 5.74) is 0. The zero-order valence-corrected chi connectivity index (χ0v) is 17.4. The Morgan fingerprint density at radius 2 is 1.18 bits per heavy atom. The minimum atomic E-state index is -3.80. The second kappa shape index (κ2) is 8.16. The van der Waals surface area contributed by atoms with Crippen LogP contribution >= 0.6 is 8.17 Å². The van der Waals surface area contributed by atoms with Crippen molar-refractivity contribution in [3.05, 3.63) is 60.7 Å². The number of hydrogen-bond acceptors (Lipinski definition) is 8. The van der Waals surface area contributed by atoms with Gasteiger partial charge in [-0.1, -0.05) is 36.4 Å². The highest BCUT2D eigenvalue weighted by Crippen LogP contribution is 2.64. The Bertz CT molecular complexity index is 930. The molecule has 1 heterocycles. The van der Waals surface area contributed by atoms with Crippen LogP contribution in [0, 0.1) is 0 Å². The van der Waals surface area contributed by atoms with E-state index in [4.69, 9.17) is 13.6 Å². The van der Waals surface area contributed by atoms with Crippen molar-refractivity contribution >= 4 is 27.8 Å². The van der Waals surface area contributed by atoms with Crippen molar-refractivity contribution in [2.24, 2.45) is 0 Å². The van der Waals surface area contributed by atoms with Crippen molar-refractivity contribution < 1.29 is 35.3 Å². The third-order valence-corrected chi connectivity index (χ3v) is 9.21. The van der Waals surface area contributed by atoms with Crippen LogP contribution in [-0.4, -0.2) is 52.6 Å². The first kappa shape index (κ1) is 21.3. The number of hydrogen-bond donors (Lipinski definition) is 1. The van der Waals surface area contributed by atoms with Crippen LogP contribution in [0.15, 0.2) is 70.5 Å². The third kappa shape index (κ3) is 4.77.